The number of morpholine rings is 1. The smallest absolute Gasteiger partial charge is 0.378 e. The highest BCUT2D eigenvalue weighted by Crippen LogP contribution is 2.36. The topological polar surface area (TPSA) is 59.4 Å². The molecule has 0 bridgehead atoms. The molecule has 164 valence electrons. The molecule has 4 rings (SSSR count). The summed E-state index contributed by atoms with van der Waals surface area (Å²) >= 11 is 0. The van der Waals surface area contributed by atoms with Gasteiger partial charge in [0.05, 0.1) is 41.2 Å². The van der Waals surface area contributed by atoms with E-state index < -0.39 is 17.6 Å². The first-order valence-electron chi connectivity index (χ1n) is 10.1. The third-order valence-electron chi connectivity index (χ3n) is 5.30. The van der Waals surface area contributed by atoms with Crippen LogP contribution in [0.2, 0.25) is 0 Å². The predicted octanol–water partition coefficient (Wildman–Crippen LogP) is 4.09. The number of hydrogen-bond donors (Lipinski definition) is 1. The Balaban J connectivity index is 1.64. The van der Waals surface area contributed by atoms with E-state index in [9.17, 15) is 18.0 Å². The zero-order valence-corrected chi connectivity index (χ0v) is 17.1. The maximum absolute atomic E-state index is 13.3. The largest absolute Gasteiger partial charge is 0.416 e. The van der Waals surface area contributed by atoms with E-state index in [1.165, 1.54) is 6.07 Å². The quantitative estimate of drug-likeness (QED) is 0.660. The Morgan fingerprint density at radius 3 is 2.61 bits per heavy atom. The van der Waals surface area contributed by atoms with Crippen molar-refractivity contribution in [2.75, 3.05) is 36.5 Å². The third-order valence-corrected chi connectivity index (χ3v) is 5.30. The molecule has 1 N–H and O–H groups in total. The molecule has 1 fully saturated rings. The van der Waals surface area contributed by atoms with Crippen molar-refractivity contribution in [2.24, 2.45) is 0 Å². The van der Waals surface area contributed by atoms with Crippen molar-refractivity contribution in [1.82, 2.24) is 9.55 Å². The van der Waals surface area contributed by atoms with Crippen molar-refractivity contribution in [1.29, 1.82) is 0 Å². The molecule has 0 radical (unpaired) electrons. The van der Waals surface area contributed by atoms with E-state index in [-0.39, 0.29) is 12.2 Å². The normalized spacial score (nSPS) is 14.8. The predicted molar refractivity (Wildman–Crippen MR) is 112 cm³/mol. The summed E-state index contributed by atoms with van der Waals surface area (Å²) < 4.78 is 47.0. The molecule has 0 spiro atoms. The lowest BCUT2D eigenvalue weighted by Crippen LogP contribution is -2.37. The molecule has 0 saturated carbocycles. The SMILES string of the molecule is CCc1nc2ccccc2n1CC(=O)Nc1cc(C(F)(F)F)ccc1N1CCOCC1. The van der Waals surface area contributed by atoms with Crippen LogP contribution in [0, 0.1) is 0 Å². The van der Waals surface area contributed by atoms with Crippen molar-refractivity contribution in [3.8, 4) is 0 Å². The van der Waals surface area contributed by atoms with Gasteiger partial charge in [-0.25, -0.2) is 4.98 Å². The number of alkyl halides is 3. The lowest BCUT2D eigenvalue weighted by atomic mass is 10.1. The van der Waals surface area contributed by atoms with Crippen LogP contribution in [0.15, 0.2) is 42.5 Å². The highest BCUT2D eigenvalue weighted by atomic mass is 19.4. The third kappa shape index (κ3) is 4.51. The Labute approximate surface area is 177 Å². The minimum absolute atomic E-state index is 0.0392. The Bertz CT molecular complexity index is 1090. The molecule has 0 aliphatic carbocycles. The van der Waals surface area contributed by atoms with Gasteiger partial charge in [0.1, 0.15) is 12.4 Å². The van der Waals surface area contributed by atoms with E-state index in [2.05, 4.69) is 10.3 Å². The van der Waals surface area contributed by atoms with Gasteiger partial charge >= 0.3 is 6.18 Å². The summed E-state index contributed by atoms with van der Waals surface area (Å²) in [5.41, 5.74) is 1.48. The number of hydrogen-bond acceptors (Lipinski definition) is 4. The molecular weight excluding hydrogens is 409 g/mol. The number of anilines is 2. The number of benzene rings is 2. The van der Waals surface area contributed by atoms with Crippen LogP contribution in [0.3, 0.4) is 0 Å². The number of nitrogens with zero attached hydrogens (tertiary/aromatic N) is 3. The number of rotatable bonds is 5. The first kappa shape index (κ1) is 21.2. The Morgan fingerprint density at radius 1 is 1.16 bits per heavy atom. The standard InChI is InChI=1S/C22H23F3N4O2/c1-2-20-26-16-5-3-4-6-19(16)29(20)14-21(30)27-17-13-15(22(23,24)25)7-8-18(17)28-9-11-31-12-10-28/h3-8,13H,2,9-12,14H2,1H3,(H,27,30). The fourth-order valence-corrected chi connectivity index (χ4v) is 3.80. The molecule has 31 heavy (non-hydrogen) atoms. The zero-order valence-electron chi connectivity index (χ0n) is 17.1. The van der Waals surface area contributed by atoms with Gasteiger partial charge in [0.15, 0.2) is 0 Å². The molecule has 1 aromatic heterocycles. The summed E-state index contributed by atoms with van der Waals surface area (Å²) in [5, 5.41) is 2.70. The molecule has 6 nitrogen and oxygen atoms in total. The number of nitrogens with one attached hydrogen (secondary N) is 1. The van der Waals surface area contributed by atoms with Crippen LogP contribution < -0.4 is 10.2 Å². The first-order chi connectivity index (χ1) is 14.9. The lowest BCUT2D eigenvalue weighted by molar-refractivity contribution is -0.137. The second-order valence-electron chi connectivity index (χ2n) is 7.33. The highest BCUT2D eigenvalue weighted by Gasteiger charge is 2.32. The van der Waals surface area contributed by atoms with Crippen LogP contribution in [0.4, 0.5) is 24.5 Å². The molecule has 1 aliphatic rings. The number of ether oxygens (including phenoxy) is 1. The monoisotopic (exact) mass is 432 g/mol. The van der Waals surface area contributed by atoms with E-state index >= 15 is 0 Å². The number of para-hydroxylation sites is 2. The number of fused-ring (bicyclic) bond motifs is 1. The highest BCUT2D eigenvalue weighted by molar-refractivity contribution is 5.95. The fourth-order valence-electron chi connectivity index (χ4n) is 3.80. The average Bonchev–Trinajstić information content (AvgIpc) is 3.11. The summed E-state index contributed by atoms with van der Waals surface area (Å²) in [5.74, 6) is 0.334. The van der Waals surface area contributed by atoms with Crippen molar-refractivity contribution in [2.45, 2.75) is 26.1 Å². The van der Waals surface area contributed by atoms with E-state index in [1.54, 1.807) is 4.57 Å². The van der Waals surface area contributed by atoms with E-state index in [0.717, 1.165) is 29.0 Å². The number of imidazole rings is 1. The summed E-state index contributed by atoms with van der Waals surface area (Å²) in [6.45, 7) is 3.95. The van der Waals surface area contributed by atoms with E-state index in [1.807, 2.05) is 36.1 Å². The second kappa shape index (κ2) is 8.58. The zero-order chi connectivity index (χ0) is 22.0. The molecule has 2 aromatic carbocycles. The number of carbonyl (C=O) groups is 1. The molecule has 2 heterocycles. The molecule has 9 heteroatoms. The van der Waals surface area contributed by atoms with Gasteiger partial charge in [-0.15, -0.1) is 0 Å². The molecule has 1 aliphatic heterocycles. The van der Waals surface area contributed by atoms with Gasteiger partial charge in [0, 0.05) is 19.5 Å². The number of aromatic nitrogens is 2. The van der Waals surface area contributed by atoms with Crippen LogP contribution in [-0.2, 0) is 28.7 Å². The molecule has 0 atom stereocenters. The van der Waals surface area contributed by atoms with Crippen molar-refractivity contribution in [3.63, 3.8) is 0 Å². The molecule has 3 aromatic rings. The van der Waals surface area contributed by atoms with Crippen LogP contribution in [0.25, 0.3) is 11.0 Å². The number of amides is 1. The Kier molecular flexibility index (Phi) is 5.86. The van der Waals surface area contributed by atoms with E-state index in [4.69, 9.17) is 4.74 Å². The van der Waals surface area contributed by atoms with Crippen LogP contribution in [0.1, 0.15) is 18.3 Å². The Hall–Kier alpha value is -3.07. The van der Waals surface area contributed by atoms with Gasteiger partial charge in [-0.05, 0) is 30.3 Å². The molecule has 1 saturated heterocycles. The second-order valence-corrected chi connectivity index (χ2v) is 7.33. The van der Waals surface area contributed by atoms with Crippen LogP contribution >= 0.6 is 0 Å². The molecule has 0 unspecified atom stereocenters. The van der Waals surface area contributed by atoms with Crippen molar-refractivity contribution >= 4 is 28.3 Å². The minimum Gasteiger partial charge on any atom is -0.378 e. The van der Waals surface area contributed by atoms with Gasteiger partial charge in [-0.3, -0.25) is 4.79 Å². The number of aryl methyl sites for hydroxylation is 1. The average molecular weight is 432 g/mol. The summed E-state index contributed by atoms with van der Waals surface area (Å²) in [4.78, 5) is 19.4. The van der Waals surface area contributed by atoms with Crippen LogP contribution in [-0.4, -0.2) is 41.8 Å². The lowest BCUT2D eigenvalue weighted by Gasteiger charge is -2.31. The van der Waals surface area contributed by atoms with Gasteiger partial charge in [-0.1, -0.05) is 19.1 Å². The maximum Gasteiger partial charge on any atom is 0.416 e. The van der Waals surface area contributed by atoms with Crippen LogP contribution in [0.5, 0.6) is 0 Å². The summed E-state index contributed by atoms with van der Waals surface area (Å²) in [6, 6.07) is 10.9. The molecule has 1 amide bonds. The minimum atomic E-state index is -4.50. The van der Waals surface area contributed by atoms with Crippen molar-refractivity contribution in [3.05, 3.63) is 53.9 Å². The van der Waals surface area contributed by atoms with Gasteiger partial charge in [-0.2, -0.15) is 13.2 Å². The maximum atomic E-state index is 13.3. The summed E-state index contributed by atoms with van der Waals surface area (Å²) in [7, 11) is 0. The van der Waals surface area contributed by atoms with Gasteiger partial charge in [0.2, 0.25) is 5.91 Å². The van der Waals surface area contributed by atoms with E-state index in [0.29, 0.717) is 38.4 Å². The number of halogens is 3. The molecular formula is C22H23F3N4O2. The van der Waals surface area contributed by atoms with Gasteiger partial charge in [0.25, 0.3) is 0 Å². The first-order valence-corrected chi connectivity index (χ1v) is 10.1. The van der Waals surface area contributed by atoms with Gasteiger partial charge < -0.3 is 19.5 Å². The van der Waals surface area contributed by atoms with Crippen molar-refractivity contribution < 1.29 is 22.7 Å². The number of carbonyl (C=O) groups excluding carboxylic acids is 1. The summed E-state index contributed by atoms with van der Waals surface area (Å²) in [6.07, 6.45) is -3.87. The fraction of sp³-hybridized carbons (Fsp3) is 0.364. The Morgan fingerprint density at radius 2 is 1.90 bits per heavy atom.